The van der Waals surface area contributed by atoms with Crippen molar-refractivity contribution in [1.82, 2.24) is 9.88 Å². The van der Waals surface area contributed by atoms with E-state index < -0.39 is 0 Å². The largest absolute Gasteiger partial charge is 0.382 e. The molecule has 0 saturated carbocycles. The molecule has 20 heavy (non-hydrogen) atoms. The Labute approximate surface area is 122 Å². The molecule has 0 bridgehead atoms. The van der Waals surface area contributed by atoms with E-state index in [1.165, 1.54) is 5.56 Å². The first-order valence-corrected chi connectivity index (χ1v) is 7.31. The summed E-state index contributed by atoms with van der Waals surface area (Å²) in [5, 5.41) is 3.40. The molecule has 1 heterocycles. The summed E-state index contributed by atoms with van der Waals surface area (Å²) in [6.07, 6.45) is 4.27. The van der Waals surface area contributed by atoms with Crippen molar-refractivity contribution in [3.8, 4) is 0 Å². The first-order chi connectivity index (χ1) is 9.77. The van der Waals surface area contributed by atoms with Crippen LogP contribution in [0.25, 0.3) is 0 Å². The lowest BCUT2D eigenvalue weighted by Gasteiger charge is -2.10. The highest BCUT2D eigenvalue weighted by atomic mass is 16.5. The van der Waals surface area contributed by atoms with Crippen LogP contribution in [0.4, 0.5) is 0 Å². The van der Waals surface area contributed by atoms with Crippen molar-refractivity contribution in [2.24, 2.45) is 0 Å². The Kier molecular flexibility index (Phi) is 9.32. The van der Waals surface area contributed by atoms with Gasteiger partial charge in [-0.2, -0.15) is 0 Å². The van der Waals surface area contributed by atoms with Crippen LogP contribution in [-0.2, 0) is 20.8 Å². The second-order valence-electron chi connectivity index (χ2n) is 4.68. The Morgan fingerprint density at radius 2 is 1.85 bits per heavy atom. The zero-order valence-corrected chi connectivity index (χ0v) is 12.9. The smallest absolute Gasteiger partial charge is 0.0701 e. The second kappa shape index (κ2) is 10.9. The number of methoxy groups -OCH3 is 1. The molecule has 0 spiro atoms. The van der Waals surface area contributed by atoms with Crippen LogP contribution in [0.2, 0.25) is 0 Å². The third-order valence-electron chi connectivity index (χ3n) is 3.08. The van der Waals surface area contributed by atoms with Crippen LogP contribution in [0.5, 0.6) is 0 Å². The molecule has 0 aromatic carbocycles. The molecule has 116 valence electrons. The van der Waals surface area contributed by atoms with E-state index in [4.69, 9.17) is 14.2 Å². The van der Waals surface area contributed by atoms with Gasteiger partial charge in [-0.05, 0) is 25.1 Å². The van der Waals surface area contributed by atoms with Gasteiger partial charge < -0.3 is 24.1 Å². The van der Waals surface area contributed by atoms with E-state index in [0.29, 0.717) is 39.1 Å². The van der Waals surface area contributed by atoms with Crippen LogP contribution in [0, 0.1) is 0 Å². The van der Waals surface area contributed by atoms with Crippen LogP contribution < -0.4 is 5.32 Å². The fourth-order valence-corrected chi connectivity index (χ4v) is 1.91. The standard InChI is InChI=1S/C15H28N2O3/c1-4-16-14(2)15-5-6-17(13-15)7-8-19-11-12-20-10-9-18-3/h5-6,13-14,16H,4,7-12H2,1-3H3. The molecule has 0 amide bonds. The minimum absolute atomic E-state index is 0.399. The molecule has 1 unspecified atom stereocenters. The number of nitrogens with zero attached hydrogens (tertiary/aromatic N) is 1. The second-order valence-corrected chi connectivity index (χ2v) is 4.68. The highest BCUT2D eigenvalue weighted by Gasteiger charge is 2.04. The van der Waals surface area contributed by atoms with Gasteiger partial charge in [0.15, 0.2) is 0 Å². The summed E-state index contributed by atoms with van der Waals surface area (Å²) >= 11 is 0. The Morgan fingerprint density at radius 3 is 2.55 bits per heavy atom. The molecular formula is C15H28N2O3. The zero-order chi connectivity index (χ0) is 14.6. The van der Waals surface area contributed by atoms with Crippen molar-refractivity contribution < 1.29 is 14.2 Å². The van der Waals surface area contributed by atoms with Crippen molar-refractivity contribution in [3.05, 3.63) is 24.0 Å². The summed E-state index contributed by atoms with van der Waals surface area (Å²) in [6, 6.07) is 2.55. The molecular weight excluding hydrogens is 256 g/mol. The Hall–Kier alpha value is -0.880. The summed E-state index contributed by atoms with van der Waals surface area (Å²) in [4.78, 5) is 0. The number of hydrogen-bond acceptors (Lipinski definition) is 4. The minimum atomic E-state index is 0.399. The average molecular weight is 284 g/mol. The van der Waals surface area contributed by atoms with Gasteiger partial charge in [0.1, 0.15) is 0 Å². The topological polar surface area (TPSA) is 44.7 Å². The molecule has 1 N–H and O–H groups in total. The Bertz CT molecular complexity index is 342. The maximum atomic E-state index is 5.53. The van der Waals surface area contributed by atoms with Gasteiger partial charge in [0.25, 0.3) is 0 Å². The van der Waals surface area contributed by atoms with Gasteiger partial charge in [-0.3, -0.25) is 0 Å². The van der Waals surface area contributed by atoms with Gasteiger partial charge >= 0.3 is 0 Å². The fourth-order valence-electron chi connectivity index (χ4n) is 1.91. The van der Waals surface area contributed by atoms with E-state index in [0.717, 1.165) is 13.1 Å². The number of rotatable bonds is 12. The van der Waals surface area contributed by atoms with Gasteiger partial charge in [0.2, 0.25) is 0 Å². The molecule has 1 rings (SSSR count). The number of nitrogens with one attached hydrogen (secondary N) is 1. The third kappa shape index (κ3) is 7.05. The van der Waals surface area contributed by atoms with Gasteiger partial charge in [-0.25, -0.2) is 0 Å². The van der Waals surface area contributed by atoms with E-state index in [1.807, 2.05) is 0 Å². The Morgan fingerprint density at radius 1 is 1.15 bits per heavy atom. The van der Waals surface area contributed by atoms with Crippen molar-refractivity contribution >= 4 is 0 Å². The predicted molar refractivity (Wildman–Crippen MR) is 80.0 cm³/mol. The van der Waals surface area contributed by atoms with Crippen molar-refractivity contribution in [2.45, 2.75) is 26.4 Å². The molecule has 1 atom stereocenters. The van der Waals surface area contributed by atoms with Gasteiger partial charge in [0.05, 0.1) is 33.0 Å². The molecule has 0 radical (unpaired) electrons. The molecule has 0 aliphatic rings. The summed E-state index contributed by atoms with van der Waals surface area (Å²) in [6.45, 7) is 9.38. The maximum absolute atomic E-state index is 5.53. The SMILES string of the molecule is CCNC(C)c1ccn(CCOCCOCCOC)c1. The van der Waals surface area contributed by atoms with Crippen LogP contribution in [0.3, 0.4) is 0 Å². The van der Waals surface area contributed by atoms with E-state index >= 15 is 0 Å². The summed E-state index contributed by atoms with van der Waals surface area (Å²) in [7, 11) is 1.67. The van der Waals surface area contributed by atoms with Gasteiger partial charge in [0, 0.05) is 32.1 Å². The number of ether oxygens (including phenoxy) is 3. The van der Waals surface area contributed by atoms with E-state index in [9.17, 15) is 0 Å². The minimum Gasteiger partial charge on any atom is -0.382 e. The van der Waals surface area contributed by atoms with Crippen LogP contribution in [0.1, 0.15) is 25.5 Å². The highest BCUT2D eigenvalue weighted by Crippen LogP contribution is 2.12. The number of aromatic nitrogens is 1. The summed E-state index contributed by atoms with van der Waals surface area (Å²) in [5.74, 6) is 0. The Balaban J connectivity index is 2.07. The van der Waals surface area contributed by atoms with E-state index in [-0.39, 0.29) is 0 Å². The molecule has 5 nitrogen and oxygen atoms in total. The van der Waals surface area contributed by atoms with E-state index in [2.05, 4.69) is 42.2 Å². The van der Waals surface area contributed by atoms with Crippen LogP contribution >= 0.6 is 0 Å². The van der Waals surface area contributed by atoms with Crippen molar-refractivity contribution in [1.29, 1.82) is 0 Å². The lowest BCUT2D eigenvalue weighted by Crippen LogP contribution is -2.17. The molecule has 0 fully saturated rings. The normalized spacial score (nSPS) is 12.8. The molecule has 0 aliphatic carbocycles. The lowest BCUT2D eigenvalue weighted by molar-refractivity contribution is 0.0230. The lowest BCUT2D eigenvalue weighted by atomic mass is 10.2. The zero-order valence-electron chi connectivity index (χ0n) is 12.9. The summed E-state index contributed by atoms with van der Waals surface area (Å²) < 4.78 is 17.9. The number of hydrogen-bond donors (Lipinski definition) is 1. The van der Waals surface area contributed by atoms with Gasteiger partial charge in [-0.15, -0.1) is 0 Å². The molecule has 1 aromatic rings. The van der Waals surface area contributed by atoms with Crippen molar-refractivity contribution in [2.75, 3.05) is 46.7 Å². The third-order valence-corrected chi connectivity index (χ3v) is 3.08. The first kappa shape index (κ1) is 17.2. The summed E-state index contributed by atoms with van der Waals surface area (Å²) in [5.41, 5.74) is 1.31. The van der Waals surface area contributed by atoms with E-state index in [1.54, 1.807) is 7.11 Å². The first-order valence-electron chi connectivity index (χ1n) is 7.31. The van der Waals surface area contributed by atoms with Crippen molar-refractivity contribution in [3.63, 3.8) is 0 Å². The van der Waals surface area contributed by atoms with Crippen LogP contribution in [-0.4, -0.2) is 51.3 Å². The monoisotopic (exact) mass is 284 g/mol. The molecule has 5 heteroatoms. The van der Waals surface area contributed by atoms with Gasteiger partial charge in [-0.1, -0.05) is 6.92 Å². The molecule has 0 aliphatic heterocycles. The maximum Gasteiger partial charge on any atom is 0.0701 e. The molecule has 0 saturated heterocycles. The fraction of sp³-hybridized carbons (Fsp3) is 0.733. The van der Waals surface area contributed by atoms with Crippen LogP contribution in [0.15, 0.2) is 18.5 Å². The highest BCUT2D eigenvalue weighted by molar-refractivity contribution is 5.14. The molecule has 1 aromatic heterocycles. The predicted octanol–water partition coefficient (Wildman–Crippen LogP) is 1.84. The quantitative estimate of drug-likeness (QED) is 0.595. The average Bonchev–Trinajstić information content (AvgIpc) is 2.91.